The number of alkyl halides is 1. The molecule has 1 amide bonds. The van der Waals surface area contributed by atoms with Crippen molar-refractivity contribution in [3.63, 3.8) is 0 Å². The Morgan fingerprint density at radius 1 is 1.64 bits per heavy atom. The van der Waals surface area contributed by atoms with Crippen molar-refractivity contribution in [3.8, 4) is 0 Å². The molecule has 0 aromatic carbocycles. The molecule has 14 heavy (non-hydrogen) atoms. The molecule has 0 aromatic heterocycles. The first-order valence-corrected chi connectivity index (χ1v) is 5.30. The summed E-state index contributed by atoms with van der Waals surface area (Å²) in [6, 6.07) is 0. The fourth-order valence-electron chi connectivity index (χ4n) is 1.22. The minimum Gasteiger partial charge on any atom is -0.469 e. The number of rotatable bonds is 4. The first kappa shape index (κ1) is 11.5. The van der Waals surface area contributed by atoms with Gasteiger partial charge in [-0.2, -0.15) is 0 Å². The van der Waals surface area contributed by atoms with Crippen LogP contribution in [0, 0.1) is 5.92 Å². The van der Waals surface area contributed by atoms with Gasteiger partial charge in [0.25, 0.3) is 0 Å². The number of methoxy groups -OCH3 is 1. The van der Waals surface area contributed by atoms with Gasteiger partial charge in [-0.25, -0.2) is 0 Å². The normalized spacial score (nSPS) is 29.5. The van der Waals surface area contributed by atoms with Crippen molar-refractivity contribution in [3.05, 3.63) is 0 Å². The number of nitrogens with one attached hydrogen (secondary N) is 1. The van der Waals surface area contributed by atoms with E-state index >= 15 is 0 Å². The second kappa shape index (κ2) is 4.29. The molecule has 4 nitrogen and oxygen atoms in total. The molecule has 0 heterocycles. The Morgan fingerprint density at radius 3 is 2.64 bits per heavy atom. The summed E-state index contributed by atoms with van der Waals surface area (Å²) in [7, 11) is 1.33. The number of carbonyl (C=O) groups excluding carboxylic acids is 2. The van der Waals surface area contributed by atoms with Crippen LogP contribution in [-0.2, 0) is 14.3 Å². The molecule has 1 N–H and O–H groups in total. The molecule has 1 saturated carbocycles. The van der Waals surface area contributed by atoms with Gasteiger partial charge in [0.1, 0.15) is 0 Å². The minimum absolute atomic E-state index is 0.00766. The van der Waals surface area contributed by atoms with Crippen molar-refractivity contribution in [1.29, 1.82) is 0 Å². The summed E-state index contributed by atoms with van der Waals surface area (Å²) < 4.78 is 4.41. The van der Waals surface area contributed by atoms with E-state index in [0.717, 1.165) is 6.42 Å². The van der Waals surface area contributed by atoms with E-state index < -0.39 is 0 Å². The summed E-state index contributed by atoms with van der Waals surface area (Å²) in [4.78, 5) is 22.1. The predicted molar refractivity (Wildman–Crippen MR) is 55.1 cm³/mol. The number of hydrogen-bond donors (Lipinski definition) is 1. The molecule has 1 rings (SSSR count). The van der Waals surface area contributed by atoms with E-state index in [0.29, 0.717) is 6.54 Å². The fourth-order valence-corrected chi connectivity index (χ4v) is 1.75. The lowest BCUT2D eigenvalue weighted by atomic mass is 10.3. The molecule has 1 aliphatic rings. The van der Waals surface area contributed by atoms with Crippen LogP contribution in [0.5, 0.6) is 0 Å². The number of amides is 1. The third-order valence-corrected chi connectivity index (χ3v) is 3.22. The first-order valence-electron chi connectivity index (χ1n) is 4.51. The lowest BCUT2D eigenvalue weighted by molar-refractivity contribution is -0.140. The van der Waals surface area contributed by atoms with E-state index in [1.165, 1.54) is 7.11 Å². The topological polar surface area (TPSA) is 55.4 Å². The Hall–Kier alpha value is -0.580. The maximum Gasteiger partial charge on any atom is 0.307 e. The van der Waals surface area contributed by atoms with Gasteiger partial charge in [-0.3, -0.25) is 9.59 Å². The van der Waals surface area contributed by atoms with Crippen molar-refractivity contribution in [1.82, 2.24) is 5.32 Å². The number of esters is 1. The highest BCUT2D eigenvalue weighted by atomic mass is 79.9. The van der Waals surface area contributed by atoms with E-state index in [9.17, 15) is 9.59 Å². The Morgan fingerprint density at radius 2 is 2.21 bits per heavy atom. The average Bonchev–Trinajstić information content (AvgIpc) is 2.75. The second-order valence-corrected chi connectivity index (χ2v) is 5.46. The molecule has 0 bridgehead atoms. The number of hydrogen-bond acceptors (Lipinski definition) is 3. The van der Waals surface area contributed by atoms with Crippen molar-refractivity contribution in [2.45, 2.75) is 24.1 Å². The molecule has 5 heteroatoms. The Kier molecular flexibility index (Phi) is 3.53. The van der Waals surface area contributed by atoms with Crippen LogP contribution in [-0.4, -0.2) is 29.9 Å². The lowest BCUT2D eigenvalue weighted by Crippen LogP contribution is -2.29. The average molecular weight is 264 g/mol. The summed E-state index contributed by atoms with van der Waals surface area (Å²) in [5, 5.41) is 2.70. The molecule has 80 valence electrons. The second-order valence-electron chi connectivity index (χ2n) is 3.65. The van der Waals surface area contributed by atoms with Gasteiger partial charge in [-0.05, 0) is 13.3 Å². The van der Waals surface area contributed by atoms with E-state index in [1.54, 1.807) is 0 Å². The highest BCUT2D eigenvalue weighted by Gasteiger charge is 2.52. The van der Waals surface area contributed by atoms with Gasteiger partial charge in [-0.15, -0.1) is 0 Å². The highest BCUT2D eigenvalue weighted by Crippen LogP contribution is 2.50. The van der Waals surface area contributed by atoms with Gasteiger partial charge in [0.2, 0.25) is 5.91 Å². The Labute approximate surface area is 91.5 Å². The third-order valence-electron chi connectivity index (χ3n) is 2.34. The van der Waals surface area contributed by atoms with E-state index in [2.05, 4.69) is 26.0 Å². The van der Waals surface area contributed by atoms with Crippen LogP contribution in [0.25, 0.3) is 0 Å². The molecule has 0 radical (unpaired) electrons. The molecule has 2 unspecified atom stereocenters. The number of ether oxygens (including phenoxy) is 1. The van der Waals surface area contributed by atoms with Gasteiger partial charge in [0.05, 0.1) is 19.4 Å². The maximum atomic E-state index is 11.4. The largest absolute Gasteiger partial charge is 0.469 e. The van der Waals surface area contributed by atoms with Gasteiger partial charge in [0.15, 0.2) is 0 Å². The van der Waals surface area contributed by atoms with Crippen LogP contribution >= 0.6 is 15.9 Å². The quantitative estimate of drug-likeness (QED) is 0.604. The molecule has 0 aromatic rings. The Bertz CT molecular complexity index is 252. The molecule has 0 saturated heterocycles. The Balaban J connectivity index is 2.14. The van der Waals surface area contributed by atoms with Crippen molar-refractivity contribution >= 4 is 27.8 Å². The minimum atomic E-state index is -0.303. The smallest absolute Gasteiger partial charge is 0.307 e. The monoisotopic (exact) mass is 263 g/mol. The van der Waals surface area contributed by atoms with Crippen LogP contribution in [0.2, 0.25) is 0 Å². The zero-order valence-electron chi connectivity index (χ0n) is 8.30. The lowest BCUT2D eigenvalue weighted by Gasteiger charge is -2.04. The van der Waals surface area contributed by atoms with Crippen LogP contribution < -0.4 is 5.32 Å². The summed E-state index contributed by atoms with van der Waals surface area (Å²) in [6.45, 7) is 2.34. The number of carbonyl (C=O) groups is 2. The first-order chi connectivity index (χ1) is 6.47. The standard InChI is InChI=1S/C9H14BrNO3/c1-9(10)5-6(9)8(13)11-4-3-7(12)14-2/h6H,3-5H2,1-2H3,(H,11,13). The summed E-state index contributed by atoms with van der Waals surface area (Å²) in [5.41, 5.74) is 0. The highest BCUT2D eigenvalue weighted by molar-refractivity contribution is 9.10. The van der Waals surface area contributed by atoms with E-state index in [4.69, 9.17) is 0 Å². The van der Waals surface area contributed by atoms with Gasteiger partial charge in [0, 0.05) is 10.9 Å². The van der Waals surface area contributed by atoms with Gasteiger partial charge >= 0.3 is 5.97 Å². The summed E-state index contributed by atoms with van der Waals surface area (Å²) in [6.07, 6.45) is 1.09. The van der Waals surface area contributed by atoms with Crippen LogP contribution in [0.4, 0.5) is 0 Å². The third kappa shape index (κ3) is 2.97. The van der Waals surface area contributed by atoms with Crippen molar-refractivity contribution in [2.75, 3.05) is 13.7 Å². The summed E-state index contributed by atoms with van der Waals surface area (Å²) in [5.74, 6) is -0.254. The summed E-state index contributed by atoms with van der Waals surface area (Å²) >= 11 is 3.44. The molecule has 1 aliphatic carbocycles. The molecule has 1 fully saturated rings. The fraction of sp³-hybridized carbons (Fsp3) is 0.778. The molecule has 0 aliphatic heterocycles. The molecular formula is C9H14BrNO3. The van der Waals surface area contributed by atoms with E-state index in [-0.39, 0.29) is 28.5 Å². The zero-order valence-corrected chi connectivity index (χ0v) is 9.89. The van der Waals surface area contributed by atoms with Gasteiger partial charge in [-0.1, -0.05) is 15.9 Å². The van der Waals surface area contributed by atoms with Crippen molar-refractivity contribution in [2.24, 2.45) is 5.92 Å². The zero-order chi connectivity index (χ0) is 10.8. The van der Waals surface area contributed by atoms with Crippen LogP contribution in [0.1, 0.15) is 19.8 Å². The molecule has 0 spiro atoms. The van der Waals surface area contributed by atoms with Gasteiger partial charge < -0.3 is 10.1 Å². The molecular weight excluding hydrogens is 250 g/mol. The maximum absolute atomic E-state index is 11.4. The van der Waals surface area contributed by atoms with Crippen LogP contribution in [0.15, 0.2) is 0 Å². The predicted octanol–water partition coefficient (Wildman–Crippen LogP) is 0.839. The van der Waals surface area contributed by atoms with E-state index in [1.807, 2.05) is 6.92 Å². The van der Waals surface area contributed by atoms with Crippen LogP contribution in [0.3, 0.4) is 0 Å². The number of halogens is 1. The molecule has 2 atom stereocenters. The SMILES string of the molecule is COC(=O)CCNC(=O)C1CC1(C)Br. The van der Waals surface area contributed by atoms with Crippen molar-refractivity contribution < 1.29 is 14.3 Å².